The van der Waals surface area contributed by atoms with Gasteiger partial charge in [-0.15, -0.1) is 0 Å². The summed E-state index contributed by atoms with van der Waals surface area (Å²) in [5, 5.41) is 3.25. The molecule has 0 bridgehead atoms. The summed E-state index contributed by atoms with van der Waals surface area (Å²) in [6.45, 7) is 11.3. The fourth-order valence-corrected chi connectivity index (χ4v) is 2.82. The normalized spacial score (nSPS) is 20.3. The van der Waals surface area contributed by atoms with E-state index in [0.29, 0.717) is 11.9 Å². The molecule has 0 radical (unpaired) electrons. The standard InChI is InChI=1S/C15H26N4O/c1-5-18-9-6-7-12(18)11-17-13-14(20)19(10-8-16-13)15(2,3)4/h8,10,12H,5-7,9,11H2,1-4H3,(H,16,17). The summed E-state index contributed by atoms with van der Waals surface area (Å²) in [5.74, 6) is 0.463. The first-order valence-corrected chi connectivity index (χ1v) is 7.49. The van der Waals surface area contributed by atoms with Crippen molar-refractivity contribution >= 4 is 5.82 Å². The number of hydrogen-bond donors (Lipinski definition) is 1. The Balaban J connectivity index is 2.09. The van der Waals surface area contributed by atoms with E-state index in [1.807, 2.05) is 20.8 Å². The Hall–Kier alpha value is -1.36. The van der Waals surface area contributed by atoms with Gasteiger partial charge in [-0.3, -0.25) is 9.69 Å². The summed E-state index contributed by atoms with van der Waals surface area (Å²) in [7, 11) is 0. The lowest BCUT2D eigenvalue weighted by Crippen LogP contribution is -2.38. The molecule has 2 heterocycles. The summed E-state index contributed by atoms with van der Waals surface area (Å²) in [5.41, 5.74) is -0.264. The van der Waals surface area contributed by atoms with Crippen LogP contribution in [0.1, 0.15) is 40.5 Å². The summed E-state index contributed by atoms with van der Waals surface area (Å²) in [6, 6.07) is 0.518. The van der Waals surface area contributed by atoms with Gasteiger partial charge in [-0.05, 0) is 46.7 Å². The van der Waals surface area contributed by atoms with Gasteiger partial charge in [0.15, 0.2) is 5.82 Å². The van der Waals surface area contributed by atoms with Gasteiger partial charge in [-0.25, -0.2) is 4.98 Å². The van der Waals surface area contributed by atoms with Crippen LogP contribution in [-0.4, -0.2) is 40.1 Å². The van der Waals surface area contributed by atoms with E-state index in [4.69, 9.17) is 0 Å². The van der Waals surface area contributed by atoms with Gasteiger partial charge in [0.2, 0.25) is 0 Å². The predicted octanol–water partition coefficient (Wildman–Crippen LogP) is 1.89. The molecule has 0 saturated carbocycles. The van der Waals surface area contributed by atoms with Crippen LogP contribution in [0.25, 0.3) is 0 Å². The van der Waals surface area contributed by atoms with Gasteiger partial charge in [0.1, 0.15) is 0 Å². The zero-order valence-corrected chi connectivity index (χ0v) is 13.0. The lowest BCUT2D eigenvalue weighted by molar-refractivity contribution is 0.276. The third-order valence-corrected chi connectivity index (χ3v) is 3.97. The van der Waals surface area contributed by atoms with Gasteiger partial charge < -0.3 is 9.88 Å². The van der Waals surface area contributed by atoms with E-state index >= 15 is 0 Å². The first-order valence-electron chi connectivity index (χ1n) is 7.49. The first kappa shape index (κ1) is 15.0. The molecule has 0 aliphatic carbocycles. The third kappa shape index (κ3) is 3.20. The largest absolute Gasteiger partial charge is 0.364 e. The maximum Gasteiger partial charge on any atom is 0.293 e. The molecule has 1 unspecified atom stereocenters. The summed E-state index contributed by atoms with van der Waals surface area (Å²) in [4.78, 5) is 19.1. The minimum Gasteiger partial charge on any atom is -0.364 e. The van der Waals surface area contributed by atoms with E-state index in [1.165, 1.54) is 12.8 Å². The Bertz CT molecular complexity index is 503. The van der Waals surface area contributed by atoms with Gasteiger partial charge in [0.05, 0.1) is 0 Å². The van der Waals surface area contributed by atoms with Crippen LogP contribution in [0, 0.1) is 0 Å². The van der Waals surface area contributed by atoms with Crippen molar-refractivity contribution in [3.8, 4) is 0 Å². The molecule has 0 aromatic carbocycles. The fraction of sp³-hybridized carbons (Fsp3) is 0.733. The van der Waals surface area contributed by atoms with Crippen molar-refractivity contribution in [1.82, 2.24) is 14.5 Å². The van der Waals surface area contributed by atoms with Crippen LogP contribution in [0.4, 0.5) is 5.82 Å². The Morgan fingerprint density at radius 1 is 1.45 bits per heavy atom. The lowest BCUT2D eigenvalue weighted by atomic mass is 10.1. The van der Waals surface area contributed by atoms with Gasteiger partial charge in [0.25, 0.3) is 5.56 Å². The maximum absolute atomic E-state index is 12.4. The van der Waals surface area contributed by atoms with Crippen molar-refractivity contribution < 1.29 is 0 Å². The average Bonchev–Trinajstić information content (AvgIpc) is 2.83. The molecule has 5 nitrogen and oxygen atoms in total. The maximum atomic E-state index is 12.4. The zero-order chi connectivity index (χ0) is 14.8. The Labute approximate surface area is 121 Å². The second kappa shape index (κ2) is 5.95. The molecule has 112 valence electrons. The van der Waals surface area contributed by atoms with Gasteiger partial charge in [0, 0.05) is 30.5 Å². The quantitative estimate of drug-likeness (QED) is 0.914. The lowest BCUT2D eigenvalue weighted by Gasteiger charge is -2.24. The van der Waals surface area contributed by atoms with Crippen LogP contribution in [0.3, 0.4) is 0 Å². The van der Waals surface area contributed by atoms with Crippen LogP contribution >= 0.6 is 0 Å². The predicted molar refractivity (Wildman–Crippen MR) is 82.3 cm³/mol. The van der Waals surface area contributed by atoms with E-state index in [0.717, 1.165) is 19.6 Å². The number of anilines is 1. The van der Waals surface area contributed by atoms with Gasteiger partial charge in [-0.1, -0.05) is 6.92 Å². The smallest absolute Gasteiger partial charge is 0.293 e. The van der Waals surface area contributed by atoms with Crippen molar-refractivity contribution in [3.05, 3.63) is 22.7 Å². The second-order valence-electron chi connectivity index (χ2n) is 6.43. The van der Waals surface area contributed by atoms with E-state index in [9.17, 15) is 4.79 Å². The van der Waals surface area contributed by atoms with E-state index in [-0.39, 0.29) is 11.1 Å². The molecule has 2 rings (SSSR count). The first-order chi connectivity index (χ1) is 9.43. The molecule has 1 aromatic heterocycles. The average molecular weight is 278 g/mol. The van der Waals surface area contributed by atoms with Crippen molar-refractivity contribution in [2.24, 2.45) is 0 Å². The number of likely N-dealkylation sites (N-methyl/N-ethyl adjacent to an activating group) is 1. The molecular weight excluding hydrogens is 252 g/mol. The van der Waals surface area contributed by atoms with Crippen LogP contribution in [0.5, 0.6) is 0 Å². The second-order valence-corrected chi connectivity index (χ2v) is 6.43. The Kier molecular flexibility index (Phi) is 4.48. The van der Waals surface area contributed by atoms with E-state index < -0.39 is 0 Å². The molecule has 1 aliphatic heterocycles. The molecule has 0 spiro atoms. The molecule has 1 aromatic rings. The topological polar surface area (TPSA) is 50.2 Å². The highest BCUT2D eigenvalue weighted by Gasteiger charge is 2.23. The number of rotatable bonds is 4. The number of nitrogens with zero attached hydrogens (tertiary/aromatic N) is 3. The van der Waals surface area contributed by atoms with Crippen LogP contribution in [-0.2, 0) is 5.54 Å². The minimum absolute atomic E-state index is 0.0407. The number of hydrogen-bond acceptors (Lipinski definition) is 4. The molecule has 1 N–H and O–H groups in total. The highest BCUT2D eigenvalue weighted by atomic mass is 16.1. The van der Waals surface area contributed by atoms with Gasteiger partial charge >= 0.3 is 0 Å². The SMILES string of the molecule is CCN1CCCC1CNc1nccn(C(C)(C)C)c1=O. The Morgan fingerprint density at radius 2 is 2.20 bits per heavy atom. The molecule has 1 aliphatic rings. The van der Waals surface area contributed by atoms with Crippen LogP contribution in [0.15, 0.2) is 17.2 Å². The third-order valence-electron chi connectivity index (χ3n) is 3.97. The highest BCUT2D eigenvalue weighted by Crippen LogP contribution is 2.16. The van der Waals surface area contributed by atoms with E-state index in [1.54, 1.807) is 17.0 Å². The minimum atomic E-state index is -0.223. The molecule has 20 heavy (non-hydrogen) atoms. The van der Waals surface area contributed by atoms with Crippen molar-refractivity contribution in [3.63, 3.8) is 0 Å². The van der Waals surface area contributed by atoms with Crippen molar-refractivity contribution in [2.45, 2.75) is 52.1 Å². The number of likely N-dealkylation sites (tertiary alicyclic amines) is 1. The van der Waals surface area contributed by atoms with Crippen molar-refractivity contribution in [2.75, 3.05) is 25.0 Å². The summed E-state index contributed by atoms with van der Waals surface area (Å²) >= 11 is 0. The molecule has 1 atom stereocenters. The molecule has 1 fully saturated rings. The van der Waals surface area contributed by atoms with Crippen LogP contribution < -0.4 is 10.9 Å². The molecule has 0 amide bonds. The zero-order valence-electron chi connectivity index (χ0n) is 13.0. The highest BCUT2D eigenvalue weighted by molar-refractivity contribution is 5.31. The fourth-order valence-electron chi connectivity index (χ4n) is 2.82. The summed E-state index contributed by atoms with van der Waals surface area (Å²) in [6.07, 6.45) is 5.89. The van der Waals surface area contributed by atoms with Crippen LogP contribution in [0.2, 0.25) is 0 Å². The molecule has 1 saturated heterocycles. The molecular formula is C15H26N4O. The number of aromatic nitrogens is 2. The molecule has 5 heteroatoms. The van der Waals surface area contributed by atoms with Gasteiger partial charge in [-0.2, -0.15) is 0 Å². The van der Waals surface area contributed by atoms with Crippen molar-refractivity contribution in [1.29, 1.82) is 0 Å². The Morgan fingerprint density at radius 3 is 2.85 bits per heavy atom. The van der Waals surface area contributed by atoms with E-state index in [2.05, 4.69) is 22.1 Å². The number of nitrogens with one attached hydrogen (secondary N) is 1. The summed E-state index contributed by atoms with van der Waals surface area (Å²) < 4.78 is 1.73. The monoisotopic (exact) mass is 278 g/mol.